The highest BCUT2D eigenvalue weighted by Gasteiger charge is 2.28. The summed E-state index contributed by atoms with van der Waals surface area (Å²) in [6.07, 6.45) is 0.517. The monoisotopic (exact) mass is 452 g/mol. The lowest BCUT2D eigenvalue weighted by Crippen LogP contribution is -2.45. The van der Waals surface area contributed by atoms with E-state index in [0.717, 1.165) is 17.7 Å². The molecule has 1 aromatic heterocycles. The zero-order chi connectivity index (χ0) is 23.5. The van der Waals surface area contributed by atoms with Gasteiger partial charge in [0.25, 0.3) is 11.5 Å². The van der Waals surface area contributed by atoms with Gasteiger partial charge in [-0.1, -0.05) is 25.1 Å². The van der Waals surface area contributed by atoms with Gasteiger partial charge in [0, 0.05) is 29.8 Å². The van der Waals surface area contributed by atoms with Crippen LogP contribution in [-0.4, -0.2) is 39.1 Å². The van der Waals surface area contributed by atoms with Crippen LogP contribution in [0.2, 0.25) is 0 Å². The van der Waals surface area contributed by atoms with Crippen LogP contribution in [0.5, 0.6) is 0 Å². The third kappa shape index (κ3) is 4.82. The molecule has 2 heterocycles. The van der Waals surface area contributed by atoms with Gasteiger partial charge in [-0.2, -0.15) is 5.10 Å². The molecule has 1 aliphatic rings. The van der Waals surface area contributed by atoms with Crippen molar-refractivity contribution in [3.05, 3.63) is 87.7 Å². The van der Waals surface area contributed by atoms with E-state index in [9.17, 15) is 23.2 Å². The van der Waals surface area contributed by atoms with Crippen molar-refractivity contribution in [1.29, 1.82) is 0 Å². The first-order chi connectivity index (χ1) is 15.9. The van der Waals surface area contributed by atoms with Gasteiger partial charge in [-0.25, -0.2) is 13.5 Å². The second kappa shape index (κ2) is 9.32. The Morgan fingerprint density at radius 2 is 1.88 bits per heavy atom. The Morgan fingerprint density at radius 3 is 2.61 bits per heavy atom. The molecule has 0 unspecified atom stereocenters. The molecule has 1 aliphatic heterocycles. The number of benzene rings is 2. The number of fused-ring (bicyclic) bond motifs is 1. The van der Waals surface area contributed by atoms with Gasteiger partial charge < -0.3 is 10.2 Å². The minimum atomic E-state index is -1.01. The molecule has 4 rings (SSSR count). The molecule has 1 atom stereocenters. The van der Waals surface area contributed by atoms with Gasteiger partial charge in [0.1, 0.15) is 6.54 Å². The summed E-state index contributed by atoms with van der Waals surface area (Å²) in [5.41, 5.74) is 1.72. The predicted octanol–water partition coefficient (Wildman–Crippen LogP) is 2.74. The third-order valence-corrected chi connectivity index (χ3v) is 5.56. The zero-order valence-electron chi connectivity index (χ0n) is 17.9. The zero-order valence-corrected chi connectivity index (χ0v) is 17.9. The van der Waals surface area contributed by atoms with E-state index < -0.39 is 17.7 Å². The van der Waals surface area contributed by atoms with Crippen molar-refractivity contribution in [2.75, 3.05) is 6.54 Å². The summed E-state index contributed by atoms with van der Waals surface area (Å²) in [4.78, 5) is 38.9. The number of rotatable bonds is 7. The van der Waals surface area contributed by atoms with Crippen molar-refractivity contribution in [2.24, 2.45) is 0 Å². The summed E-state index contributed by atoms with van der Waals surface area (Å²) in [7, 11) is 0. The van der Waals surface area contributed by atoms with Crippen molar-refractivity contribution in [3.63, 3.8) is 0 Å². The highest BCUT2D eigenvalue weighted by Crippen LogP contribution is 2.22. The number of nitrogens with one attached hydrogen (secondary N) is 1. The number of hydrogen-bond donors (Lipinski definition) is 1. The number of carbonyl (C=O) groups is 2. The van der Waals surface area contributed by atoms with Crippen LogP contribution in [0.25, 0.3) is 11.3 Å². The first kappa shape index (κ1) is 22.3. The Balaban J connectivity index is 1.43. The minimum Gasteiger partial charge on any atom is -0.350 e. The van der Waals surface area contributed by atoms with Crippen LogP contribution in [0.1, 0.15) is 29.3 Å². The van der Waals surface area contributed by atoms with E-state index in [1.54, 1.807) is 12.1 Å². The highest BCUT2D eigenvalue weighted by molar-refractivity contribution is 6.00. The van der Waals surface area contributed by atoms with Crippen molar-refractivity contribution in [1.82, 2.24) is 20.0 Å². The predicted molar refractivity (Wildman–Crippen MR) is 117 cm³/mol. The molecule has 0 spiro atoms. The standard InChI is InChI=1S/C24H22F2N4O3/c1-2-17(27-22(31)14-29-12-16-5-3-4-6-18(16)24(29)33)13-30-23(32)10-9-21(28-30)15-7-8-19(25)20(26)11-15/h3-11,17H,2,12-14H2,1H3,(H,27,31)/t17-/m1/s1. The molecule has 9 heteroatoms. The van der Waals surface area contributed by atoms with Crippen LogP contribution in [0, 0.1) is 11.6 Å². The Hall–Kier alpha value is -3.88. The third-order valence-electron chi connectivity index (χ3n) is 5.56. The van der Waals surface area contributed by atoms with E-state index in [4.69, 9.17) is 0 Å². The normalized spacial score (nSPS) is 13.7. The van der Waals surface area contributed by atoms with Crippen molar-refractivity contribution < 1.29 is 18.4 Å². The van der Waals surface area contributed by atoms with Crippen molar-refractivity contribution in [3.8, 4) is 11.3 Å². The number of halogens is 2. The fourth-order valence-corrected chi connectivity index (χ4v) is 3.76. The highest BCUT2D eigenvalue weighted by atomic mass is 19.2. The molecule has 0 bridgehead atoms. The molecule has 1 N–H and O–H groups in total. The summed E-state index contributed by atoms with van der Waals surface area (Å²) in [6, 6.07) is 12.9. The number of nitrogens with zero attached hydrogens (tertiary/aromatic N) is 3. The van der Waals surface area contributed by atoms with Crippen LogP contribution in [-0.2, 0) is 17.9 Å². The maximum atomic E-state index is 13.6. The Kier molecular flexibility index (Phi) is 6.30. The molecule has 33 heavy (non-hydrogen) atoms. The van der Waals surface area contributed by atoms with E-state index in [2.05, 4.69) is 10.4 Å². The number of amides is 2. The lowest BCUT2D eigenvalue weighted by Gasteiger charge is -2.21. The van der Waals surface area contributed by atoms with E-state index in [1.807, 2.05) is 19.1 Å². The van der Waals surface area contributed by atoms with E-state index in [1.165, 1.54) is 27.8 Å². The van der Waals surface area contributed by atoms with Crippen LogP contribution < -0.4 is 10.9 Å². The van der Waals surface area contributed by atoms with Gasteiger partial charge >= 0.3 is 0 Å². The van der Waals surface area contributed by atoms with Crippen molar-refractivity contribution >= 4 is 11.8 Å². The first-order valence-corrected chi connectivity index (χ1v) is 10.6. The van der Waals surface area contributed by atoms with Gasteiger partial charge in [0.15, 0.2) is 11.6 Å². The molecule has 0 saturated heterocycles. The van der Waals surface area contributed by atoms with Gasteiger partial charge in [-0.05, 0) is 42.3 Å². The fraction of sp³-hybridized carbons (Fsp3) is 0.250. The van der Waals surface area contributed by atoms with E-state index in [-0.39, 0.29) is 30.5 Å². The second-order valence-corrected chi connectivity index (χ2v) is 7.86. The van der Waals surface area contributed by atoms with Gasteiger partial charge in [-0.15, -0.1) is 0 Å². The lowest BCUT2D eigenvalue weighted by atomic mass is 10.1. The molecule has 7 nitrogen and oxygen atoms in total. The molecular weight excluding hydrogens is 430 g/mol. The summed E-state index contributed by atoms with van der Waals surface area (Å²) in [6.45, 7) is 2.22. The van der Waals surface area contributed by atoms with E-state index in [0.29, 0.717) is 29.8 Å². The average Bonchev–Trinajstić information content (AvgIpc) is 3.11. The summed E-state index contributed by atoms with van der Waals surface area (Å²) >= 11 is 0. The van der Waals surface area contributed by atoms with E-state index >= 15 is 0 Å². The Labute approximate surface area is 188 Å². The molecule has 0 fully saturated rings. The van der Waals surface area contributed by atoms with Crippen molar-refractivity contribution in [2.45, 2.75) is 32.5 Å². The molecular formula is C24H22F2N4O3. The maximum Gasteiger partial charge on any atom is 0.266 e. The van der Waals surface area contributed by atoms with Gasteiger partial charge in [-0.3, -0.25) is 14.4 Å². The molecule has 2 aromatic carbocycles. The second-order valence-electron chi connectivity index (χ2n) is 7.86. The molecule has 0 radical (unpaired) electrons. The summed E-state index contributed by atoms with van der Waals surface area (Å²) in [5.74, 6) is -2.51. The van der Waals surface area contributed by atoms with Gasteiger partial charge in [0.05, 0.1) is 12.2 Å². The molecule has 0 aliphatic carbocycles. The van der Waals surface area contributed by atoms with Crippen LogP contribution in [0.3, 0.4) is 0 Å². The summed E-state index contributed by atoms with van der Waals surface area (Å²) in [5, 5.41) is 7.10. The van der Waals surface area contributed by atoms with Crippen LogP contribution in [0.4, 0.5) is 8.78 Å². The topological polar surface area (TPSA) is 84.3 Å². The quantitative estimate of drug-likeness (QED) is 0.598. The molecule has 3 aromatic rings. The van der Waals surface area contributed by atoms with Gasteiger partial charge in [0.2, 0.25) is 5.91 Å². The largest absolute Gasteiger partial charge is 0.350 e. The maximum absolute atomic E-state index is 13.6. The van der Waals surface area contributed by atoms with Crippen LogP contribution in [0.15, 0.2) is 59.4 Å². The molecule has 170 valence electrons. The average molecular weight is 452 g/mol. The molecule has 0 saturated carbocycles. The SMILES string of the molecule is CC[C@H](Cn1nc(-c2ccc(F)c(F)c2)ccc1=O)NC(=O)CN1Cc2ccccc2C1=O. The minimum absolute atomic E-state index is 0.0900. The fourth-order valence-electron chi connectivity index (χ4n) is 3.76. The smallest absolute Gasteiger partial charge is 0.266 e. The number of carbonyl (C=O) groups excluding carboxylic acids is 2. The Bertz CT molecular complexity index is 1270. The number of hydrogen-bond acceptors (Lipinski definition) is 4. The number of aromatic nitrogens is 2. The lowest BCUT2D eigenvalue weighted by molar-refractivity contribution is -0.122. The first-order valence-electron chi connectivity index (χ1n) is 10.6. The summed E-state index contributed by atoms with van der Waals surface area (Å²) < 4.78 is 28.0. The Morgan fingerprint density at radius 1 is 1.09 bits per heavy atom. The van der Waals surface area contributed by atoms with Crippen LogP contribution >= 0.6 is 0 Å². The molecule has 2 amide bonds.